The maximum absolute atomic E-state index is 6.98. The fourth-order valence-corrected chi connectivity index (χ4v) is 17.7. The molecule has 496 valence electrons. The molecule has 0 bridgehead atoms. The molecule has 4 aromatic heterocycles. The van der Waals surface area contributed by atoms with Crippen molar-refractivity contribution in [3.05, 3.63) is 215 Å². The van der Waals surface area contributed by atoms with Crippen LogP contribution < -0.4 is 9.47 Å². The molecule has 0 radical (unpaired) electrons. The summed E-state index contributed by atoms with van der Waals surface area (Å²) in [6.07, 6.45) is 13.0. The van der Waals surface area contributed by atoms with Crippen LogP contribution in [0.5, 0.6) is 23.0 Å². The Morgan fingerprint density at radius 3 is 1.00 bits per heavy atom. The molecule has 20 rings (SSSR count). The Balaban J connectivity index is 0.000000140. The summed E-state index contributed by atoms with van der Waals surface area (Å²) in [7, 11) is 0. The first kappa shape index (κ1) is 61.1. The first-order valence-electron chi connectivity index (χ1n) is 36.9. The van der Waals surface area contributed by atoms with Gasteiger partial charge in [-0.05, 0) is 201 Å². The van der Waals surface area contributed by atoms with Crippen LogP contribution in [0.4, 0.5) is 0 Å². The van der Waals surface area contributed by atoms with Gasteiger partial charge in [-0.2, -0.15) is 0 Å². The second-order valence-corrected chi connectivity index (χ2v) is 32.2. The molecule has 0 saturated heterocycles. The van der Waals surface area contributed by atoms with Crippen molar-refractivity contribution in [2.24, 2.45) is 0 Å². The monoisotopic (exact) mass is 1310 g/mol. The molecular weight excluding hydrogens is 1230 g/mol. The fraction of sp³-hybridized carbons (Fsp3) is 0.277. The molecule has 2 aliphatic rings. The van der Waals surface area contributed by atoms with Crippen molar-refractivity contribution < 1.29 is 27.1 Å². The summed E-state index contributed by atoms with van der Waals surface area (Å²) in [4.78, 5) is 0. The van der Waals surface area contributed by atoms with Gasteiger partial charge in [0.1, 0.15) is 67.7 Å². The van der Waals surface area contributed by atoms with Crippen molar-refractivity contribution in [3.8, 4) is 23.0 Å². The van der Waals surface area contributed by atoms with Gasteiger partial charge < -0.3 is 27.1 Å². The summed E-state index contributed by atoms with van der Waals surface area (Å²) in [5.41, 5.74) is 15.8. The molecule has 18 aromatic rings. The van der Waals surface area contributed by atoms with Gasteiger partial charge >= 0.3 is 0 Å². The molecule has 0 spiro atoms. The highest BCUT2D eigenvalue weighted by Crippen LogP contribution is 2.55. The molecule has 2 aliphatic carbocycles. The molecule has 6 heteroatoms. The van der Waals surface area contributed by atoms with Gasteiger partial charge in [-0.3, -0.25) is 0 Å². The van der Waals surface area contributed by atoms with E-state index in [2.05, 4.69) is 227 Å². The maximum Gasteiger partial charge on any atom is 0.143 e. The highest BCUT2D eigenvalue weighted by molar-refractivity contribution is 6.38. The minimum absolute atomic E-state index is 0.0397. The second kappa shape index (κ2) is 22.7. The van der Waals surface area contributed by atoms with E-state index < -0.39 is 0 Å². The molecule has 0 atom stereocenters. The molecule has 0 aliphatic heterocycles. The Kier molecular flexibility index (Phi) is 13.9. The zero-order chi connectivity index (χ0) is 67.8. The molecule has 4 heterocycles. The van der Waals surface area contributed by atoms with E-state index in [0.717, 1.165) is 122 Å². The molecule has 2 fully saturated rings. The molecule has 0 amide bonds. The zero-order valence-corrected chi connectivity index (χ0v) is 59.2. The molecule has 2 saturated carbocycles. The van der Waals surface area contributed by atoms with Gasteiger partial charge in [-0.15, -0.1) is 0 Å². The van der Waals surface area contributed by atoms with Crippen molar-refractivity contribution in [2.45, 2.75) is 168 Å². The summed E-state index contributed by atoms with van der Waals surface area (Å²) in [6, 6.07) is 66.2. The van der Waals surface area contributed by atoms with E-state index in [1.165, 1.54) is 151 Å². The van der Waals surface area contributed by atoms with Crippen molar-refractivity contribution in [1.29, 1.82) is 0 Å². The van der Waals surface area contributed by atoms with E-state index in [4.69, 9.17) is 27.1 Å². The van der Waals surface area contributed by atoms with Crippen LogP contribution in [0.2, 0.25) is 0 Å². The Labute approximate surface area is 582 Å². The molecule has 0 unspecified atom stereocenters. The Bertz CT molecular complexity index is 5910. The van der Waals surface area contributed by atoms with E-state index in [0.29, 0.717) is 23.7 Å². The maximum atomic E-state index is 6.98. The van der Waals surface area contributed by atoms with E-state index in [-0.39, 0.29) is 10.8 Å². The predicted molar refractivity (Wildman–Crippen MR) is 420 cm³/mol. The lowest BCUT2D eigenvalue weighted by atomic mass is 9.76. The average molecular weight is 1310 g/mol. The Hall–Kier alpha value is -10.0. The Morgan fingerprint density at radius 1 is 0.300 bits per heavy atom. The number of para-hydroxylation sites is 2. The molecule has 100 heavy (non-hydrogen) atoms. The third-order valence-electron chi connectivity index (χ3n) is 23.2. The lowest BCUT2D eigenvalue weighted by Gasteiger charge is -2.28. The highest BCUT2D eigenvalue weighted by Gasteiger charge is 2.31. The number of furan rings is 4. The van der Waals surface area contributed by atoms with Crippen LogP contribution in [0, 0.1) is 0 Å². The normalized spacial score (nSPS) is 15.0. The number of benzene rings is 14. The average Bonchev–Trinajstić information content (AvgIpc) is 1.35. The Morgan fingerprint density at radius 2 is 0.630 bits per heavy atom. The quantitative estimate of drug-likeness (QED) is 0.141. The molecular formula is C94H84O6. The minimum Gasteiger partial charge on any atom is -0.457 e. The highest BCUT2D eigenvalue weighted by atomic mass is 16.5. The summed E-state index contributed by atoms with van der Waals surface area (Å²) in [5, 5.41) is 23.5. The van der Waals surface area contributed by atoms with Crippen molar-refractivity contribution in [3.63, 3.8) is 0 Å². The van der Waals surface area contributed by atoms with Gasteiger partial charge in [-0.1, -0.05) is 193 Å². The smallest absolute Gasteiger partial charge is 0.143 e. The molecule has 14 aromatic carbocycles. The first-order valence-corrected chi connectivity index (χ1v) is 36.9. The van der Waals surface area contributed by atoms with Crippen molar-refractivity contribution in [1.82, 2.24) is 0 Å². The van der Waals surface area contributed by atoms with Crippen molar-refractivity contribution in [2.75, 3.05) is 0 Å². The largest absolute Gasteiger partial charge is 0.457 e. The van der Waals surface area contributed by atoms with E-state index in [1.54, 1.807) is 0 Å². The minimum atomic E-state index is 0.0397. The van der Waals surface area contributed by atoms with Crippen LogP contribution in [0.25, 0.3) is 152 Å². The van der Waals surface area contributed by atoms with Gasteiger partial charge in [0, 0.05) is 97.0 Å². The van der Waals surface area contributed by atoms with Gasteiger partial charge in [0.25, 0.3) is 0 Å². The number of rotatable bonds is 8. The number of hydrogen-bond donors (Lipinski definition) is 0. The van der Waals surface area contributed by atoms with Crippen LogP contribution in [0.1, 0.15) is 190 Å². The van der Waals surface area contributed by atoms with Gasteiger partial charge in [-0.25, -0.2) is 0 Å². The topological polar surface area (TPSA) is 71.0 Å². The van der Waals surface area contributed by atoms with Crippen molar-refractivity contribution >= 4 is 152 Å². The second-order valence-electron chi connectivity index (χ2n) is 32.2. The van der Waals surface area contributed by atoms with Gasteiger partial charge in [0.15, 0.2) is 0 Å². The van der Waals surface area contributed by atoms with Crippen LogP contribution >= 0.6 is 0 Å². The third kappa shape index (κ3) is 9.69. The fourth-order valence-electron chi connectivity index (χ4n) is 17.7. The predicted octanol–water partition coefficient (Wildman–Crippen LogP) is 29.3. The lowest BCUT2D eigenvalue weighted by Crippen LogP contribution is -2.10. The lowest BCUT2D eigenvalue weighted by molar-refractivity contribution is 0.445. The van der Waals surface area contributed by atoms with Crippen LogP contribution in [0.3, 0.4) is 0 Å². The van der Waals surface area contributed by atoms with E-state index >= 15 is 0 Å². The first-order chi connectivity index (χ1) is 48.4. The van der Waals surface area contributed by atoms with E-state index in [9.17, 15) is 0 Å². The molecule has 0 N–H and O–H groups in total. The standard InChI is InChI=1S/C48H38O4.C46H46O2/c1-47(2,3)27-15-19-29(20-16-27)49-41-25-37-44-36(24-34-32-12-8-10-14-40(32)51-45(34)37)42(50-30-21-17-28(18-22-30)48(4,5)6)26-38-43(44)35(41)23-33-31-11-7-9-13-39(31)52-46(33)38;1-25(2)29-15-17-31-37-23-35-34(28-13-9-6-10-14-28)22-40-44-36(24-38-32-18-16-30(26(3)4)20-42(32)48-46(38)40)33(27-11-7-5-8-12-27)21-39(43(35)44)45(37)47-41(31)19-29/h7-26H,1-6H3;15-28H,5-14H2,1-4H3. The van der Waals surface area contributed by atoms with E-state index in [1.807, 2.05) is 24.3 Å². The summed E-state index contributed by atoms with van der Waals surface area (Å²) < 4.78 is 41.1. The summed E-state index contributed by atoms with van der Waals surface area (Å²) >= 11 is 0. The van der Waals surface area contributed by atoms with Crippen LogP contribution in [-0.2, 0) is 10.8 Å². The zero-order valence-electron chi connectivity index (χ0n) is 59.2. The third-order valence-corrected chi connectivity index (χ3v) is 23.2. The van der Waals surface area contributed by atoms with Crippen LogP contribution in [-0.4, -0.2) is 0 Å². The SMILES string of the molecule is CC(C)(C)c1ccc(Oc2cc3c4oc5ccccc5c4cc4c(Oc5ccc(C(C)(C)C)cc5)cc5c6oc7ccccc7c6cc2c5c43)cc1.CC(C)c1ccc2c(c1)oc1c2cc2c(C3CCCCC3)cc3c4oc5cc(C(C)C)ccc5c4cc4c(C5CCCCC5)cc1c2c43. The number of ether oxygens (including phenoxy) is 2. The summed E-state index contributed by atoms with van der Waals surface area (Å²) in [5.74, 6) is 5.13. The molecule has 6 nitrogen and oxygen atoms in total. The number of hydrogen-bond acceptors (Lipinski definition) is 6. The van der Waals surface area contributed by atoms with Crippen LogP contribution in [0.15, 0.2) is 200 Å². The number of fused-ring (bicyclic) bond motifs is 16. The van der Waals surface area contributed by atoms with Gasteiger partial charge in [0.05, 0.1) is 0 Å². The summed E-state index contributed by atoms with van der Waals surface area (Å²) in [6.45, 7) is 22.4. The van der Waals surface area contributed by atoms with Gasteiger partial charge in [0.2, 0.25) is 0 Å².